The maximum Gasteiger partial charge on any atom is 0.407 e. The number of hydrogen-bond donors (Lipinski definition) is 1. The first-order chi connectivity index (χ1) is 7.94. The SMILES string of the molecule is CC(C)(C)OC(=O)N[C@@H]1CC[C@@H]([C@H]2CO2)OC1. The fourth-order valence-corrected chi connectivity index (χ4v) is 1.92. The van der Waals surface area contributed by atoms with Crippen molar-refractivity contribution in [3.05, 3.63) is 0 Å². The van der Waals surface area contributed by atoms with Gasteiger partial charge in [0.05, 0.1) is 25.4 Å². The van der Waals surface area contributed by atoms with E-state index < -0.39 is 5.60 Å². The molecule has 2 heterocycles. The van der Waals surface area contributed by atoms with E-state index in [1.165, 1.54) is 0 Å². The van der Waals surface area contributed by atoms with Gasteiger partial charge in [0.2, 0.25) is 0 Å². The van der Waals surface area contributed by atoms with E-state index in [-0.39, 0.29) is 24.3 Å². The molecular formula is C12H21NO4. The molecule has 2 aliphatic heterocycles. The van der Waals surface area contributed by atoms with Crippen LogP contribution in [0.4, 0.5) is 4.79 Å². The summed E-state index contributed by atoms with van der Waals surface area (Å²) in [5.41, 5.74) is -0.454. The molecule has 0 spiro atoms. The Kier molecular flexibility index (Phi) is 3.58. The van der Waals surface area contributed by atoms with Crippen molar-refractivity contribution in [1.29, 1.82) is 0 Å². The molecule has 0 aromatic heterocycles. The molecule has 17 heavy (non-hydrogen) atoms. The quantitative estimate of drug-likeness (QED) is 0.746. The Morgan fingerprint density at radius 3 is 2.29 bits per heavy atom. The van der Waals surface area contributed by atoms with E-state index in [1.807, 2.05) is 20.8 Å². The first-order valence-electron chi connectivity index (χ1n) is 6.17. The molecule has 0 unspecified atom stereocenters. The third-order valence-corrected chi connectivity index (χ3v) is 2.81. The molecule has 0 aromatic rings. The van der Waals surface area contributed by atoms with Crippen molar-refractivity contribution in [2.45, 2.75) is 57.5 Å². The number of carbonyl (C=O) groups is 1. The normalized spacial score (nSPS) is 33.0. The summed E-state index contributed by atoms with van der Waals surface area (Å²) in [5, 5.41) is 2.83. The highest BCUT2D eigenvalue weighted by atomic mass is 16.6. The summed E-state index contributed by atoms with van der Waals surface area (Å²) in [6.45, 7) is 6.91. The molecule has 0 bridgehead atoms. The van der Waals surface area contributed by atoms with Crippen LogP contribution in [0.15, 0.2) is 0 Å². The molecule has 0 radical (unpaired) electrons. The van der Waals surface area contributed by atoms with Gasteiger partial charge >= 0.3 is 6.09 Å². The molecule has 0 saturated carbocycles. The predicted octanol–water partition coefficient (Wildman–Crippen LogP) is 1.46. The standard InChI is InChI=1S/C12H21NO4/c1-12(2,3)17-11(14)13-8-4-5-9(15-6-8)10-7-16-10/h8-10H,4-7H2,1-3H3,(H,13,14)/t8-,9+,10-/m1/s1. The first-order valence-corrected chi connectivity index (χ1v) is 6.17. The average molecular weight is 243 g/mol. The summed E-state index contributed by atoms with van der Waals surface area (Å²) in [4.78, 5) is 11.5. The monoisotopic (exact) mass is 243 g/mol. The van der Waals surface area contributed by atoms with E-state index in [0.717, 1.165) is 19.4 Å². The maximum absolute atomic E-state index is 11.5. The first kappa shape index (κ1) is 12.6. The van der Waals surface area contributed by atoms with Crippen molar-refractivity contribution in [2.24, 2.45) is 0 Å². The summed E-state index contributed by atoms with van der Waals surface area (Å²) in [5.74, 6) is 0. The van der Waals surface area contributed by atoms with Gasteiger partial charge in [-0.05, 0) is 33.6 Å². The zero-order valence-corrected chi connectivity index (χ0v) is 10.7. The van der Waals surface area contributed by atoms with Crippen LogP contribution < -0.4 is 5.32 Å². The molecule has 2 saturated heterocycles. The Hall–Kier alpha value is -0.810. The van der Waals surface area contributed by atoms with Crippen LogP contribution in [0.2, 0.25) is 0 Å². The number of alkyl carbamates (subject to hydrolysis) is 1. The molecule has 3 atom stereocenters. The van der Waals surface area contributed by atoms with Crippen molar-refractivity contribution in [3.63, 3.8) is 0 Å². The van der Waals surface area contributed by atoms with Gasteiger partial charge in [0, 0.05) is 0 Å². The second-order valence-electron chi connectivity index (χ2n) is 5.66. The van der Waals surface area contributed by atoms with Crippen LogP contribution in [0.25, 0.3) is 0 Å². The third-order valence-electron chi connectivity index (χ3n) is 2.81. The summed E-state index contributed by atoms with van der Waals surface area (Å²) in [6.07, 6.45) is 1.99. The molecule has 0 aliphatic carbocycles. The summed E-state index contributed by atoms with van der Waals surface area (Å²) in [6, 6.07) is 0.0554. The topological polar surface area (TPSA) is 60.1 Å². The molecule has 2 aliphatic rings. The molecule has 98 valence electrons. The van der Waals surface area contributed by atoms with E-state index in [1.54, 1.807) is 0 Å². The van der Waals surface area contributed by atoms with Crippen LogP contribution in [-0.4, -0.2) is 43.2 Å². The van der Waals surface area contributed by atoms with Gasteiger partial charge in [0.15, 0.2) is 0 Å². The molecular weight excluding hydrogens is 222 g/mol. The number of epoxide rings is 1. The van der Waals surface area contributed by atoms with Gasteiger partial charge in [-0.15, -0.1) is 0 Å². The van der Waals surface area contributed by atoms with Gasteiger partial charge in [-0.1, -0.05) is 0 Å². The molecule has 1 amide bonds. The van der Waals surface area contributed by atoms with E-state index in [2.05, 4.69) is 5.32 Å². The van der Waals surface area contributed by atoms with Gasteiger partial charge in [-0.2, -0.15) is 0 Å². The molecule has 0 aromatic carbocycles. The van der Waals surface area contributed by atoms with Gasteiger partial charge in [-0.25, -0.2) is 4.79 Å². The molecule has 2 rings (SSSR count). The smallest absolute Gasteiger partial charge is 0.407 e. The predicted molar refractivity (Wildman–Crippen MR) is 61.9 cm³/mol. The number of amides is 1. The van der Waals surface area contributed by atoms with E-state index in [4.69, 9.17) is 14.2 Å². The zero-order chi connectivity index (χ0) is 12.5. The molecule has 5 heteroatoms. The number of hydrogen-bond acceptors (Lipinski definition) is 4. The second kappa shape index (κ2) is 4.82. The highest BCUT2D eigenvalue weighted by molar-refractivity contribution is 5.68. The largest absolute Gasteiger partial charge is 0.444 e. The Labute approximate surface area is 102 Å². The number of nitrogens with one attached hydrogen (secondary N) is 1. The maximum atomic E-state index is 11.5. The van der Waals surface area contributed by atoms with Crippen molar-refractivity contribution in [3.8, 4) is 0 Å². The van der Waals surface area contributed by atoms with Crippen molar-refractivity contribution >= 4 is 6.09 Å². The van der Waals surface area contributed by atoms with E-state index in [0.29, 0.717) is 6.61 Å². The lowest BCUT2D eigenvalue weighted by molar-refractivity contribution is -0.0205. The van der Waals surface area contributed by atoms with Crippen LogP contribution >= 0.6 is 0 Å². The lowest BCUT2D eigenvalue weighted by Gasteiger charge is -2.29. The van der Waals surface area contributed by atoms with Crippen LogP contribution in [0.3, 0.4) is 0 Å². The van der Waals surface area contributed by atoms with Gasteiger partial charge in [-0.3, -0.25) is 0 Å². The Balaban J connectivity index is 1.68. The van der Waals surface area contributed by atoms with Gasteiger partial charge < -0.3 is 19.5 Å². The highest BCUT2D eigenvalue weighted by Crippen LogP contribution is 2.25. The van der Waals surface area contributed by atoms with E-state index in [9.17, 15) is 4.79 Å². The van der Waals surface area contributed by atoms with Crippen LogP contribution in [-0.2, 0) is 14.2 Å². The molecule has 1 N–H and O–H groups in total. The summed E-state index contributed by atoms with van der Waals surface area (Å²) >= 11 is 0. The number of carbonyl (C=O) groups excluding carboxylic acids is 1. The lowest BCUT2D eigenvalue weighted by Crippen LogP contribution is -2.45. The van der Waals surface area contributed by atoms with Crippen molar-refractivity contribution in [1.82, 2.24) is 5.32 Å². The summed E-state index contributed by atoms with van der Waals surface area (Å²) < 4.78 is 16.0. The van der Waals surface area contributed by atoms with Gasteiger partial charge in [0.25, 0.3) is 0 Å². The third kappa shape index (κ3) is 4.16. The zero-order valence-electron chi connectivity index (χ0n) is 10.7. The van der Waals surface area contributed by atoms with Crippen LogP contribution in [0.1, 0.15) is 33.6 Å². The number of ether oxygens (including phenoxy) is 3. The van der Waals surface area contributed by atoms with Crippen molar-refractivity contribution < 1.29 is 19.0 Å². The second-order valence-corrected chi connectivity index (χ2v) is 5.66. The fourth-order valence-electron chi connectivity index (χ4n) is 1.92. The Bertz CT molecular complexity index is 275. The average Bonchev–Trinajstić information content (AvgIpc) is 2.99. The minimum Gasteiger partial charge on any atom is -0.444 e. The van der Waals surface area contributed by atoms with Crippen LogP contribution in [0, 0.1) is 0 Å². The van der Waals surface area contributed by atoms with Crippen molar-refractivity contribution in [2.75, 3.05) is 13.2 Å². The molecule has 5 nitrogen and oxygen atoms in total. The minimum atomic E-state index is -0.454. The fraction of sp³-hybridized carbons (Fsp3) is 0.917. The number of rotatable bonds is 2. The summed E-state index contributed by atoms with van der Waals surface area (Å²) in [7, 11) is 0. The Morgan fingerprint density at radius 2 is 1.82 bits per heavy atom. The van der Waals surface area contributed by atoms with E-state index >= 15 is 0 Å². The van der Waals surface area contributed by atoms with Gasteiger partial charge in [0.1, 0.15) is 11.7 Å². The Morgan fingerprint density at radius 1 is 1.18 bits per heavy atom. The highest BCUT2D eigenvalue weighted by Gasteiger charge is 2.37. The van der Waals surface area contributed by atoms with Crippen LogP contribution in [0.5, 0.6) is 0 Å². The lowest BCUT2D eigenvalue weighted by atomic mass is 10.0. The minimum absolute atomic E-state index is 0.0554. The molecule has 2 fully saturated rings.